The van der Waals surface area contributed by atoms with Gasteiger partial charge in [-0.2, -0.15) is 5.10 Å². The first-order valence-electron chi connectivity index (χ1n) is 7.64. The Kier molecular flexibility index (Phi) is 3.86. The molecule has 2 aliphatic carbocycles. The Morgan fingerprint density at radius 3 is 2.85 bits per heavy atom. The van der Waals surface area contributed by atoms with E-state index in [4.69, 9.17) is 0 Å². The van der Waals surface area contributed by atoms with Gasteiger partial charge in [0.25, 0.3) is 0 Å². The summed E-state index contributed by atoms with van der Waals surface area (Å²) >= 11 is 0. The summed E-state index contributed by atoms with van der Waals surface area (Å²) in [5.74, 6) is 1.30. The molecule has 0 aliphatic heterocycles. The fraction of sp³-hybridized carbons (Fsp3) is 0.529. The van der Waals surface area contributed by atoms with Gasteiger partial charge in [0.15, 0.2) is 0 Å². The van der Waals surface area contributed by atoms with Gasteiger partial charge in [0.05, 0.1) is 0 Å². The lowest BCUT2D eigenvalue weighted by molar-refractivity contribution is -0.122. The van der Waals surface area contributed by atoms with Gasteiger partial charge in [0.2, 0.25) is 5.91 Å². The topological polar surface area (TPSA) is 41.5 Å². The maximum absolute atomic E-state index is 12.1. The highest BCUT2D eigenvalue weighted by atomic mass is 16.2. The summed E-state index contributed by atoms with van der Waals surface area (Å²) in [4.78, 5) is 12.1. The molecule has 0 spiro atoms. The third-order valence-electron chi connectivity index (χ3n) is 4.43. The molecule has 20 heavy (non-hydrogen) atoms. The number of amides is 1. The summed E-state index contributed by atoms with van der Waals surface area (Å²) in [7, 11) is 0. The first-order chi connectivity index (χ1) is 9.74. The van der Waals surface area contributed by atoms with E-state index in [9.17, 15) is 4.79 Å². The normalized spacial score (nSPS) is 31.1. The van der Waals surface area contributed by atoms with Crippen molar-refractivity contribution >= 4 is 11.6 Å². The van der Waals surface area contributed by atoms with Gasteiger partial charge in [0, 0.05) is 11.6 Å². The first-order valence-corrected chi connectivity index (χ1v) is 7.64. The summed E-state index contributed by atoms with van der Waals surface area (Å²) in [6.45, 7) is 2.25. The monoisotopic (exact) mass is 270 g/mol. The van der Waals surface area contributed by atoms with Crippen LogP contribution in [0, 0.1) is 11.8 Å². The van der Waals surface area contributed by atoms with E-state index in [2.05, 4.69) is 29.6 Å². The van der Waals surface area contributed by atoms with E-state index in [1.165, 1.54) is 18.4 Å². The minimum atomic E-state index is 0.0876. The van der Waals surface area contributed by atoms with Crippen LogP contribution in [0.5, 0.6) is 0 Å². The van der Waals surface area contributed by atoms with Crippen molar-refractivity contribution in [3.8, 4) is 0 Å². The van der Waals surface area contributed by atoms with E-state index >= 15 is 0 Å². The molecular formula is C17H22N2O. The van der Waals surface area contributed by atoms with E-state index in [1.54, 1.807) is 0 Å². The van der Waals surface area contributed by atoms with Gasteiger partial charge in [-0.25, -0.2) is 5.43 Å². The summed E-state index contributed by atoms with van der Waals surface area (Å²) in [6.07, 6.45) is 5.51. The molecule has 2 fully saturated rings. The van der Waals surface area contributed by atoms with Crippen LogP contribution in [0.4, 0.5) is 0 Å². The van der Waals surface area contributed by atoms with E-state index in [-0.39, 0.29) is 11.8 Å². The van der Waals surface area contributed by atoms with Crippen LogP contribution in [-0.4, -0.2) is 11.6 Å². The first kappa shape index (κ1) is 13.3. The zero-order valence-corrected chi connectivity index (χ0v) is 12.0. The largest absolute Gasteiger partial charge is 0.273 e. The van der Waals surface area contributed by atoms with Crippen LogP contribution in [0.1, 0.15) is 50.5 Å². The quantitative estimate of drug-likeness (QED) is 0.839. The number of hydrazone groups is 1. The van der Waals surface area contributed by atoms with Gasteiger partial charge in [-0.1, -0.05) is 37.3 Å². The van der Waals surface area contributed by atoms with E-state index < -0.39 is 0 Å². The van der Waals surface area contributed by atoms with Crippen molar-refractivity contribution in [2.24, 2.45) is 16.9 Å². The van der Waals surface area contributed by atoms with Crippen LogP contribution >= 0.6 is 0 Å². The number of nitrogens with one attached hydrogen (secondary N) is 1. The van der Waals surface area contributed by atoms with Gasteiger partial charge < -0.3 is 0 Å². The second kappa shape index (κ2) is 5.78. The highest BCUT2D eigenvalue weighted by Crippen LogP contribution is 2.47. The molecule has 2 aliphatic rings. The Balaban J connectivity index is 1.53. The van der Waals surface area contributed by atoms with Crippen molar-refractivity contribution in [2.75, 3.05) is 0 Å². The van der Waals surface area contributed by atoms with E-state index in [1.807, 2.05) is 18.2 Å². The molecule has 0 bridgehead atoms. The lowest BCUT2D eigenvalue weighted by atomic mass is 9.89. The van der Waals surface area contributed by atoms with Crippen molar-refractivity contribution in [1.29, 1.82) is 0 Å². The molecule has 106 valence electrons. The highest BCUT2D eigenvalue weighted by Gasteiger charge is 2.43. The zero-order valence-electron chi connectivity index (χ0n) is 12.0. The number of benzene rings is 1. The van der Waals surface area contributed by atoms with Crippen molar-refractivity contribution in [1.82, 2.24) is 5.43 Å². The molecule has 2 saturated carbocycles. The molecule has 0 radical (unpaired) electrons. The molecule has 1 N–H and O–H groups in total. The predicted molar refractivity (Wildman–Crippen MR) is 80.5 cm³/mol. The minimum Gasteiger partial charge on any atom is -0.273 e. The van der Waals surface area contributed by atoms with Crippen LogP contribution < -0.4 is 5.43 Å². The molecule has 3 heteroatoms. The van der Waals surface area contributed by atoms with Crippen molar-refractivity contribution < 1.29 is 4.79 Å². The average molecular weight is 270 g/mol. The molecule has 3 rings (SSSR count). The fourth-order valence-corrected chi connectivity index (χ4v) is 3.13. The second-order valence-corrected chi connectivity index (χ2v) is 6.21. The third kappa shape index (κ3) is 3.09. The Hall–Kier alpha value is -1.64. The van der Waals surface area contributed by atoms with Crippen molar-refractivity contribution in [2.45, 2.75) is 44.9 Å². The molecule has 1 aromatic carbocycles. The third-order valence-corrected chi connectivity index (χ3v) is 4.43. The molecule has 3 unspecified atom stereocenters. The van der Waals surface area contributed by atoms with Crippen LogP contribution in [0.3, 0.4) is 0 Å². The zero-order chi connectivity index (χ0) is 13.9. The molecule has 1 amide bonds. The number of carbonyl (C=O) groups excluding carboxylic acids is 1. The Bertz CT molecular complexity index is 509. The van der Waals surface area contributed by atoms with E-state index in [0.29, 0.717) is 11.8 Å². The fourth-order valence-electron chi connectivity index (χ4n) is 3.13. The second-order valence-electron chi connectivity index (χ2n) is 6.21. The van der Waals surface area contributed by atoms with Gasteiger partial charge in [-0.05, 0) is 49.5 Å². The highest BCUT2D eigenvalue weighted by molar-refractivity contribution is 5.88. The molecule has 0 heterocycles. The van der Waals surface area contributed by atoms with Crippen LogP contribution in [0.25, 0.3) is 0 Å². The molecule has 0 aromatic heterocycles. The van der Waals surface area contributed by atoms with Crippen molar-refractivity contribution in [3.05, 3.63) is 35.9 Å². The maximum Gasteiger partial charge on any atom is 0.243 e. The Labute approximate surface area is 120 Å². The van der Waals surface area contributed by atoms with Crippen LogP contribution in [-0.2, 0) is 4.79 Å². The predicted octanol–water partition coefficient (Wildman–Crippen LogP) is 3.47. The smallest absolute Gasteiger partial charge is 0.243 e. The molecule has 0 saturated heterocycles. The number of hydrogen-bond donors (Lipinski definition) is 1. The lowest BCUT2D eigenvalue weighted by Gasteiger charge is -2.18. The van der Waals surface area contributed by atoms with Gasteiger partial charge in [-0.15, -0.1) is 0 Å². The summed E-state index contributed by atoms with van der Waals surface area (Å²) in [5, 5.41) is 4.34. The SMILES string of the molecule is CC1CCCC(=NNC(=O)C2CC2c2ccccc2)C1. The molecular weight excluding hydrogens is 248 g/mol. The van der Waals surface area contributed by atoms with Gasteiger partial charge >= 0.3 is 0 Å². The molecule has 3 nitrogen and oxygen atoms in total. The molecule has 1 aromatic rings. The standard InChI is InChI=1S/C17H22N2O/c1-12-6-5-9-14(10-12)18-19-17(20)16-11-15(16)13-7-3-2-4-8-13/h2-4,7-8,12,15-16H,5-6,9-11H2,1H3,(H,19,20). The summed E-state index contributed by atoms with van der Waals surface area (Å²) < 4.78 is 0. The summed E-state index contributed by atoms with van der Waals surface area (Å²) in [6, 6.07) is 10.3. The maximum atomic E-state index is 12.1. The minimum absolute atomic E-state index is 0.0876. The van der Waals surface area contributed by atoms with Crippen molar-refractivity contribution in [3.63, 3.8) is 0 Å². The van der Waals surface area contributed by atoms with Gasteiger partial charge in [-0.3, -0.25) is 4.79 Å². The number of hydrogen-bond acceptors (Lipinski definition) is 2. The van der Waals surface area contributed by atoms with Gasteiger partial charge in [0.1, 0.15) is 0 Å². The number of carbonyl (C=O) groups is 1. The van der Waals surface area contributed by atoms with E-state index in [0.717, 1.165) is 25.0 Å². The Morgan fingerprint density at radius 1 is 1.30 bits per heavy atom. The Morgan fingerprint density at radius 2 is 2.10 bits per heavy atom. The number of rotatable bonds is 3. The molecule has 3 atom stereocenters. The van der Waals surface area contributed by atoms with Crippen LogP contribution in [0.15, 0.2) is 35.4 Å². The summed E-state index contributed by atoms with van der Waals surface area (Å²) in [5.41, 5.74) is 5.21. The van der Waals surface area contributed by atoms with Crippen LogP contribution in [0.2, 0.25) is 0 Å². The lowest BCUT2D eigenvalue weighted by Crippen LogP contribution is -2.23. The number of nitrogens with zero attached hydrogens (tertiary/aromatic N) is 1. The average Bonchev–Trinajstić information content (AvgIpc) is 3.26.